The lowest BCUT2D eigenvalue weighted by atomic mass is 9.49. The number of ether oxygens (including phenoxy) is 1. The minimum atomic E-state index is -2.32. The van der Waals surface area contributed by atoms with Crippen LogP contribution in [0.2, 0.25) is 0 Å². The van der Waals surface area contributed by atoms with Crippen molar-refractivity contribution >= 4 is 17.6 Å². The van der Waals surface area contributed by atoms with E-state index in [0.29, 0.717) is 17.8 Å². The van der Waals surface area contributed by atoms with Crippen LogP contribution in [0.1, 0.15) is 44.9 Å². The quantitative estimate of drug-likeness (QED) is 0.333. The van der Waals surface area contributed by atoms with Crippen molar-refractivity contribution in [2.24, 2.45) is 23.2 Å². The number of rotatable bonds is 5. The molecule has 0 unspecified atom stereocenters. The van der Waals surface area contributed by atoms with Crippen LogP contribution in [-0.4, -0.2) is 18.5 Å². The largest absolute Gasteiger partial charge is 0.456 e. The van der Waals surface area contributed by atoms with Crippen molar-refractivity contribution in [2.45, 2.75) is 44.9 Å². The highest BCUT2D eigenvalue weighted by Gasteiger charge is 2.51. The summed E-state index contributed by atoms with van der Waals surface area (Å²) < 4.78 is 71.5. The van der Waals surface area contributed by atoms with E-state index in [1.165, 1.54) is 19.3 Å². The van der Waals surface area contributed by atoms with E-state index in [4.69, 9.17) is 4.74 Å². The summed E-state index contributed by atoms with van der Waals surface area (Å²) in [5, 5.41) is 1.59. The molecule has 0 atom stereocenters. The Morgan fingerprint density at radius 3 is 1.76 bits per heavy atom. The van der Waals surface area contributed by atoms with Gasteiger partial charge < -0.3 is 10.1 Å². The Bertz CT molecular complexity index is 808. The number of amides is 1. The van der Waals surface area contributed by atoms with Crippen LogP contribution in [0.25, 0.3) is 0 Å². The van der Waals surface area contributed by atoms with E-state index in [1.54, 1.807) is 5.32 Å². The number of hydrogen-bond donors (Lipinski definition) is 1. The Balaban J connectivity index is 1.34. The molecule has 29 heavy (non-hydrogen) atoms. The second-order valence-electron chi connectivity index (χ2n) is 8.75. The lowest BCUT2D eigenvalue weighted by molar-refractivity contribution is -0.154. The lowest BCUT2D eigenvalue weighted by Gasteiger charge is -2.56. The van der Waals surface area contributed by atoms with Gasteiger partial charge in [-0.3, -0.25) is 9.59 Å². The highest BCUT2D eigenvalue weighted by Crippen LogP contribution is 2.61. The van der Waals surface area contributed by atoms with Crippen molar-refractivity contribution in [1.29, 1.82) is 0 Å². The fraction of sp³-hybridized carbons (Fsp3) is 0.600. The van der Waals surface area contributed by atoms with Crippen LogP contribution in [0.15, 0.2) is 0 Å². The molecular weight excluding hydrogens is 397 g/mol. The van der Waals surface area contributed by atoms with E-state index in [0.717, 1.165) is 19.3 Å². The molecule has 4 aliphatic rings. The van der Waals surface area contributed by atoms with Crippen molar-refractivity contribution in [3.63, 3.8) is 0 Å². The zero-order chi connectivity index (χ0) is 20.9. The van der Waals surface area contributed by atoms with Crippen molar-refractivity contribution in [3.8, 4) is 0 Å². The first-order valence-corrected chi connectivity index (χ1v) is 9.64. The van der Waals surface area contributed by atoms with Gasteiger partial charge in [-0.15, -0.1) is 0 Å². The monoisotopic (exact) mass is 417 g/mol. The third-order valence-corrected chi connectivity index (χ3v) is 6.52. The van der Waals surface area contributed by atoms with E-state index in [9.17, 15) is 31.5 Å². The Kier molecular flexibility index (Phi) is 5.02. The lowest BCUT2D eigenvalue weighted by Crippen LogP contribution is -2.47. The summed E-state index contributed by atoms with van der Waals surface area (Å²) in [4.78, 5) is 24.1. The summed E-state index contributed by atoms with van der Waals surface area (Å²) >= 11 is 0. The molecule has 1 aromatic rings. The first kappa shape index (κ1) is 20.1. The van der Waals surface area contributed by atoms with Crippen LogP contribution in [-0.2, 0) is 14.3 Å². The summed E-state index contributed by atoms with van der Waals surface area (Å²) in [6.45, 7) is -0.870. The molecule has 0 heterocycles. The molecule has 4 aliphatic carbocycles. The molecule has 0 radical (unpaired) electrons. The first-order valence-electron chi connectivity index (χ1n) is 9.64. The second-order valence-corrected chi connectivity index (χ2v) is 8.75. The molecule has 9 heteroatoms. The van der Waals surface area contributed by atoms with Gasteiger partial charge in [-0.1, -0.05) is 0 Å². The fourth-order valence-corrected chi connectivity index (χ4v) is 5.90. The van der Waals surface area contributed by atoms with Crippen molar-refractivity contribution in [3.05, 3.63) is 29.1 Å². The number of halogens is 5. The summed E-state index contributed by atoms with van der Waals surface area (Å²) in [6, 6.07) is 0. The SMILES string of the molecule is O=C(COC(=O)CC12CC3CC(CC(C3)C1)C2)Nc1c(F)c(F)c(F)c(F)c1F. The highest BCUT2D eigenvalue weighted by molar-refractivity contribution is 5.93. The number of nitrogens with one attached hydrogen (secondary N) is 1. The number of esters is 1. The molecule has 1 aromatic carbocycles. The van der Waals surface area contributed by atoms with Crippen LogP contribution >= 0.6 is 0 Å². The molecule has 1 amide bonds. The first-order chi connectivity index (χ1) is 13.7. The maximum atomic E-state index is 13.6. The second kappa shape index (κ2) is 7.25. The molecule has 0 spiro atoms. The van der Waals surface area contributed by atoms with Crippen molar-refractivity contribution in [1.82, 2.24) is 0 Å². The summed E-state index contributed by atoms with van der Waals surface area (Å²) in [7, 11) is 0. The molecule has 0 aliphatic heterocycles. The summed E-state index contributed by atoms with van der Waals surface area (Å²) in [5.74, 6) is -10.9. The van der Waals surface area contributed by atoms with Gasteiger partial charge in [-0.2, -0.15) is 0 Å². The van der Waals surface area contributed by atoms with Gasteiger partial charge in [0.2, 0.25) is 5.82 Å². The molecule has 0 saturated heterocycles. The van der Waals surface area contributed by atoms with Gasteiger partial charge in [-0.25, -0.2) is 22.0 Å². The maximum absolute atomic E-state index is 13.6. The van der Waals surface area contributed by atoms with Crippen LogP contribution in [0.5, 0.6) is 0 Å². The van der Waals surface area contributed by atoms with Gasteiger partial charge in [0.1, 0.15) is 5.69 Å². The zero-order valence-electron chi connectivity index (χ0n) is 15.5. The topological polar surface area (TPSA) is 55.4 Å². The summed E-state index contributed by atoms with van der Waals surface area (Å²) in [5.41, 5.74) is -1.58. The van der Waals surface area contributed by atoms with Crippen LogP contribution < -0.4 is 5.32 Å². The zero-order valence-corrected chi connectivity index (χ0v) is 15.5. The number of benzene rings is 1. The number of carbonyl (C=O) groups is 2. The average molecular weight is 417 g/mol. The molecule has 4 fully saturated rings. The molecule has 4 saturated carbocycles. The Morgan fingerprint density at radius 2 is 1.28 bits per heavy atom. The number of carbonyl (C=O) groups excluding carboxylic acids is 2. The maximum Gasteiger partial charge on any atom is 0.306 e. The smallest absolute Gasteiger partial charge is 0.306 e. The molecular formula is C20H20F5NO3. The predicted octanol–water partition coefficient (Wildman–Crippen LogP) is 4.47. The third kappa shape index (κ3) is 3.71. The van der Waals surface area contributed by atoms with E-state index in [-0.39, 0.29) is 11.8 Å². The van der Waals surface area contributed by atoms with Gasteiger partial charge in [0, 0.05) is 0 Å². The van der Waals surface area contributed by atoms with E-state index >= 15 is 0 Å². The minimum absolute atomic E-state index is 0.107. The van der Waals surface area contributed by atoms with Crippen LogP contribution in [0.3, 0.4) is 0 Å². The van der Waals surface area contributed by atoms with Gasteiger partial charge in [0.15, 0.2) is 29.9 Å². The van der Waals surface area contributed by atoms with Crippen LogP contribution in [0, 0.1) is 52.3 Å². The molecule has 4 nitrogen and oxygen atoms in total. The number of anilines is 1. The van der Waals surface area contributed by atoms with E-state index < -0.39 is 53.3 Å². The van der Waals surface area contributed by atoms with Gasteiger partial charge in [0.05, 0.1) is 6.42 Å². The van der Waals surface area contributed by atoms with Crippen molar-refractivity contribution in [2.75, 3.05) is 11.9 Å². The third-order valence-electron chi connectivity index (χ3n) is 6.52. The normalized spacial score (nSPS) is 29.8. The molecule has 4 bridgehead atoms. The number of hydrogen-bond acceptors (Lipinski definition) is 3. The van der Waals surface area contributed by atoms with Crippen molar-refractivity contribution < 1.29 is 36.3 Å². The van der Waals surface area contributed by atoms with E-state index in [2.05, 4.69) is 0 Å². The Hall–Kier alpha value is -2.19. The highest BCUT2D eigenvalue weighted by atomic mass is 19.2. The van der Waals surface area contributed by atoms with Crippen LogP contribution in [0.4, 0.5) is 27.6 Å². The Labute approximate surface area is 163 Å². The predicted molar refractivity (Wildman–Crippen MR) is 91.0 cm³/mol. The molecule has 5 rings (SSSR count). The molecule has 158 valence electrons. The standard InChI is InChI=1S/C20H20F5NO3/c21-14-15(22)17(24)19(18(25)16(14)23)26-12(27)8-29-13(28)7-20-4-9-1-10(5-20)3-11(2-9)6-20/h9-11H,1-8H2,(H,26,27). The minimum Gasteiger partial charge on any atom is -0.456 e. The average Bonchev–Trinajstić information content (AvgIpc) is 2.65. The van der Waals surface area contributed by atoms with Gasteiger partial charge in [-0.05, 0) is 61.7 Å². The molecule has 1 N–H and O–H groups in total. The van der Waals surface area contributed by atoms with Gasteiger partial charge >= 0.3 is 5.97 Å². The summed E-state index contributed by atoms with van der Waals surface area (Å²) in [6.07, 6.45) is 6.68. The fourth-order valence-electron chi connectivity index (χ4n) is 5.90. The Morgan fingerprint density at radius 1 is 0.828 bits per heavy atom. The van der Waals surface area contributed by atoms with E-state index in [1.807, 2.05) is 0 Å². The van der Waals surface area contributed by atoms with Gasteiger partial charge in [0.25, 0.3) is 5.91 Å². The molecule has 0 aromatic heterocycles.